The first-order valence-corrected chi connectivity index (χ1v) is 12.8. The maximum absolute atomic E-state index is 12.1. The van der Waals surface area contributed by atoms with Gasteiger partial charge >= 0.3 is 0 Å². The van der Waals surface area contributed by atoms with E-state index in [1.165, 1.54) is 18.7 Å². The number of aromatic nitrogens is 6. The molecule has 0 radical (unpaired) electrons. The zero-order valence-electron chi connectivity index (χ0n) is 20.9. The van der Waals surface area contributed by atoms with Gasteiger partial charge < -0.3 is 19.9 Å². The predicted octanol–water partition coefficient (Wildman–Crippen LogP) is 4.48. The fourth-order valence-corrected chi connectivity index (χ4v) is 4.70. The largest absolute Gasteiger partial charge is 0.456 e. The second-order valence-corrected chi connectivity index (χ2v) is 9.33. The highest BCUT2D eigenvalue weighted by Crippen LogP contribution is 2.33. The quantitative estimate of drug-likeness (QED) is 0.311. The van der Waals surface area contributed by atoms with Crippen molar-refractivity contribution in [3.05, 3.63) is 79.0 Å². The van der Waals surface area contributed by atoms with E-state index >= 15 is 0 Å². The van der Waals surface area contributed by atoms with Gasteiger partial charge in [-0.15, -0.1) is 0 Å². The number of pyridine rings is 2. The van der Waals surface area contributed by atoms with Crippen molar-refractivity contribution >= 4 is 51.5 Å². The van der Waals surface area contributed by atoms with E-state index in [4.69, 9.17) is 21.3 Å². The summed E-state index contributed by atoms with van der Waals surface area (Å²) in [5, 5.41) is 7.83. The van der Waals surface area contributed by atoms with E-state index in [-0.39, 0.29) is 5.91 Å². The summed E-state index contributed by atoms with van der Waals surface area (Å²) in [6.07, 6.45) is 6.95. The third-order valence-electron chi connectivity index (χ3n) is 6.45. The van der Waals surface area contributed by atoms with Crippen LogP contribution in [0.5, 0.6) is 11.5 Å². The first-order chi connectivity index (χ1) is 19.1. The summed E-state index contributed by atoms with van der Waals surface area (Å²) in [5.41, 5.74) is 2.74. The average molecular weight is 542 g/mol. The highest BCUT2D eigenvalue weighted by atomic mass is 35.5. The molecule has 0 saturated carbocycles. The molecule has 0 unspecified atom stereocenters. The monoisotopic (exact) mass is 541 g/mol. The van der Waals surface area contributed by atoms with Gasteiger partial charge in [0.1, 0.15) is 35.5 Å². The number of ether oxygens (including phenoxy) is 1. The van der Waals surface area contributed by atoms with Crippen LogP contribution in [-0.2, 0) is 4.79 Å². The van der Waals surface area contributed by atoms with Crippen LogP contribution in [-0.4, -0.2) is 66.5 Å². The summed E-state index contributed by atoms with van der Waals surface area (Å²) in [7, 11) is 0. The maximum Gasteiger partial charge on any atom is 0.246 e. The predicted molar refractivity (Wildman–Crippen MR) is 149 cm³/mol. The van der Waals surface area contributed by atoms with Gasteiger partial charge in [-0.25, -0.2) is 24.5 Å². The van der Waals surface area contributed by atoms with Crippen LogP contribution in [0.25, 0.3) is 16.7 Å². The number of carbonyl (C=O) groups excluding carboxylic acids is 1. The standard InChI is InChI=1S/C27H24ClN9O2/c1-2-25(38)36-10-3-9-35(12-13-36)23-7-5-21-26(34-23)27(31-16-29-21)33-18-4-6-22(20(28)14-18)39-19-8-11-37-24(15-19)30-17-32-37/h2,4-8,11,14-17H,1,3,9-10,12-13H2,(H,29,31,33). The molecule has 11 nitrogen and oxygen atoms in total. The van der Waals surface area contributed by atoms with E-state index in [1.807, 2.05) is 23.1 Å². The van der Waals surface area contributed by atoms with Crippen molar-refractivity contribution in [3.8, 4) is 11.5 Å². The number of carbonyl (C=O) groups is 1. The summed E-state index contributed by atoms with van der Waals surface area (Å²) in [6.45, 7) is 6.37. The number of rotatable bonds is 6. The van der Waals surface area contributed by atoms with Gasteiger partial charge in [-0.1, -0.05) is 18.2 Å². The Hall–Kier alpha value is -4.77. The van der Waals surface area contributed by atoms with Crippen molar-refractivity contribution in [3.63, 3.8) is 0 Å². The summed E-state index contributed by atoms with van der Waals surface area (Å²) >= 11 is 6.56. The van der Waals surface area contributed by atoms with E-state index in [9.17, 15) is 4.79 Å². The second kappa shape index (κ2) is 10.5. The third-order valence-corrected chi connectivity index (χ3v) is 6.74. The van der Waals surface area contributed by atoms with E-state index in [2.05, 4.69) is 36.8 Å². The zero-order chi connectivity index (χ0) is 26.8. The first-order valence-electron chi connectivity index (χ1n) is 12.4. The minimum absolute atomic E-state index is 0.0466. The number of hydrogen-bond donors (Lipinski definition) is 1. The molecule has 1 amide bonds. The molecule has 0 aliphatic carbocycles. The van der Waals surface area contributed by atoms with Crippen molar-refractivity contribution in [1.82, 2.24) is 34.4 Å². The summed E-state index contributed by atoms with van der Waals surface area (Å²) in [6, 6.07) is 12.9. The molecule has 5 aromatic rings. The second-order valence-electron chi connectivity index (χ2n) is 8.93. The molecule has 0 atom stereocenters. The fourth-order valence-electron chi connectivity index (χ4n) is 4.48. The van der Waals surface area contributed by atoms with E-state index in [0.717, 1.165) is 24.5 Å². The highest BCUT2D eigenvalue weighted by molar-refractivity contribution is 6.32. The maximum atomic E-state index is 12.1. The molecule has 39 heavy (non-hydrogen) atoms. The van der Waals surface area contributed by atoms with Crippen LogP contribution in [0.3, 0.4) is 0 Å². The molecule has 196 valence electrons. The Kier molecular flexibility index (Phi) is 6.64. The normalized spacial score (nSPS) is 13.9. The summed E-state index contributed by atoms with van der Waals surface area (Å²) in [5.74, 6) is 2.42. The molecule has 1 saturated heterocycles. The molecule has 1 aromatic carbocycles. The lowest BCUT2D eigenvalue weighted by Gasteiger charge is -2.22. The van der Waals surface area contributed by atoms with Crippen molar-refractivity contribution in [2.45, 2.75) is 6.42 Å². The van der Waals surface area contributed by atoms with Gasteiger partial charge in [0, 0.05) is 44.1 Å². The SMILES string of the molecule is C=CC(=O)N1CCCN(c2ccc3ncnc(Nc4ccc(Oc5ccn6ncnc6c5)c(Cl)c4)c3n2)CC1. The molecule has 5 heterocycles. The lowest BCUT2D eigenvalue weighted by Crippen LogP contribution is -2.34. The Morgan fingerprint density at radius 1 is 1.03 bits per heavy atom. The van der Waals surface area contributed by atoms with Crippen LogP contribution in [0.15, 0.2) is 74.0 Å². The average Bonchev–Trinajstić information content (AvgIpc) is 3.28. The minimum Gasteiger partial charge on any atom is -0.456 e. The highest BCUT2D eigenvalue weighted by Gasteiger charge is 2.19. The number of hydrogen-bond acceptors (Lipinski definition) is 9. The lowest BCUT2D eigenvalue weighted by molar-refractivity contribution is -0.125. The number of fused-ring (bicyclic) bond motifs is 2. The number of amides is 1. The molecule has 0 spiro atoms. The molecule has 4 aromatic heterocycles. The summed E-state index contributed by atoms with van der Waals surface area (Å²) < 4.78 is 7.62. The van der Waals surface area contributed by atoms with Crippen molar-refractivity contribution in [1.29, 1.82) is 0 Å². The van der Waals surface area contributed by atoms with Gasteiger partial charge in [0.25, 0.3) is 0 Å². The van der Waals surface area contributed by atoms with Crippen molar-refractivity contribution in [2.75, 3.05) is 36.4 Å². The molecule has 6 rings (SSSR count). The zero-order valence-corrected chi connectivity index (χ0v) is 21.6. The van der Waals surface area contributed by atoms with Gasteiger partial charge in [0.15, 0.2) is 11.5 Å². The number of anilines is 3. The van der Waals surface area contributed by atoms with Gasteiger partial charge in [-0.05, 0) is 48.9 Å². The smallest absolute Gasteiger partial charge is 0.246 e. The first kappa shape index (κ1) is 24.6. The lowest BCUT2D eigenvalue weighted by atomic mass is 10.2. The molecular weight excluding hydrogens is 518 g/mol. The van der Waals surface area contributed by atoms with Gasteiger partial charge in [0.05, 0.1) is 10.5 Å². The molecule has 1 aliphatic heterocycles. The third kappa shape index (κ3) is 5.16. The van der Waals surface area contributed by atoms with Crippen LogP contribution < -0.4 is 15.0 Å². The Bertz CT molecular complexity index is 1690. The molecule has 0 bridgehead atoms. The van der Waals surface area contributed by atoms with E-state index in [0.29, 0.717) is 58.7 Å². The Labute approximate surface area is 228 Å². The fraction of sp³-hybridized carbons (Fsp3) is 0.185. The van der Waals surface area contributed by atoms with Crippen LogP contribution in [0.4, 0.5) is 17.3 Å². The van der Waals surface area contributed by atoms with Gasteiger partial charge in [-0.3, -0.25) is 4.79 Å². The van der Waals surface area contributed by atoms with Crippen molar-refractivity contribution in [2.24, 2.45) is 0 Å². The Morgan fingerprint density at radius 3 is 2.82 bits per heavy atom. The summed E-state index contributed by atoms with van der Waals surface area (Å²) in [4.78, 5) is 33.9. The van der Waals surface area contributed by atoms with E-state index in [1.54, 1.807) is 35.0 Å². The van der Waals surface area contributed by atoms with Crippen LogP contribution in [0.2, 0.25) is 5.02 Å². The topological polar surface area (TPSA) is 114 Å². The van der Waals surface area contributed by atoms with Gasteiger partial charge in [-0.2, -0.15) is 5.10 Å². The Balaban J connectivity index is 1.22. The molecular formula is C27H24ClN9O2. The van der Waals surface area contributed by atoms with Crippen LogP contribution >= 0.6 is 11.6 Å². The molecule has 1 fully saturated rings. The number of nitrogens with zero attached hydrogens (tertiary/aromatic N) is 8. The minimum atomic E-state index is -0.0466. The van der Waals surface area contributed by atoms with Crippen molar-refractivity contribution < 1.29 is 9.53 Å². The number of benzene rings is 1. The molecule has 1 N–H and O–H groups in total. The van der Waals surface area contributed by atoms with Crippen LogP contribution in [0, 0.1) is 0 Å². The molecule has 12 heteroatoms. The number of nitrogens with one attached hydrogen (secondary N) is 1. The van der Waals surface area contributed by atoms with E-state index < -0.39 is 0 Å². The van der Waals surface area contributed by atoms with Crippen LogP contribution in [0.1, 0.15) is 6.42 Å². The number of halogens is 1. The Morgan fingerprint density at radius 2 is 1.95 bits per heavy atom. The van der Waals surface area contributed by atoms with Gasteiger partial charge in [0.2, 0.25) is 5.91 Å². The molecule has 1 aliphatic rings.